The number of carboxylic acid groups (broad SMARTS) is 1. The largest absolute Gasteiger partial charge is 0.481 e. The van der Waals surface area contributed by atoms with Gasteiger partial charge in [0.1, 0.15) is 5.60 Å². The van der Waals surface area contributed by atoms with Gasteiger partial charge in [-0.3, -0.25) is 4.79 Å². The fourth-order valence-electron chi connectivity index (χ4n) is 1.80. The molecule has 0 saturated carbocycles. The highest BCUT2D eigenvalue weighted by molar-refractivity contribution is 9.10. The molecule has 1 heterocycles. The highest BCUT2D eigenvalue weighted by Gasteiger charge is 2.40. The lowest BCUT2D eigenvalue weighted by Crippen LogP contribution is -2.61. The van der Waals surface area contributed by atoms with Crippen LogP contribution >= 0.6 is 15.9 Å². The third-order valence-corrected chi connectivity index (χ3v) is 3.63. The maximum atomic E-state index is 10.8. The second kappa shape index (κ2) is 5.16. The zero-order valence-corrected chi connectivity index (χ0v) is 10.9. The van der Waals surface area contributed by atoms with E-state index in [0.717, 1.165) is 10.0 Å². The molecule has 0 spiro atoms. The molecule has 0 bridgehead atoms. The summed E-state index contributed by atoms with van der Waals surface area (Å²) >= 11 is 3.44. The molecule has 0 atom stereocenters. The molecule has 1 aliphatic rings. The third-order valence-electron chi connectivity index (χ3n) is 2.86. The van der Waals surface area contributed by atoms with Crippen molar-refractivity contribution in [1.82, 2.24) is 5.32 Å². The van der Waals surface area contributed by atoms with Crippen molar-refractivity contribution in [3.8, 4) is 0 Å². The van der Waals surface area contributed by atoms with Gasteiger partial charge in [-0.15, -0.1) is 0 Å². The molecule has 1 aromatic rings. The van der Waals surface area contributed by atoms with E-state index in [4.69, 9.17) is 9.84 Å². The molecule has 92 valence electrons. The second-order valence-electron chi connectivity index (χ2n) is 4.24. The van der Waals surface area contributed by atoms with Gasteiger partial charge in [-0.25, -0.2) is 0 Å². The minimum atomic E-state index is -0.821. The van der Waals surface area contributed by atoms with Crippen LogP contribution < -0.4 is 5.32 Å². The molecular formula is C12H14BrNO3. The van der Waals surface area contributed by atoms with Crippen molar-refractivity contribution in [2.24, 2.45) is 0 Å². The van der Waals surface area contributed by atoms with Crippen LogP contribution in [0.2, 0.25) is 0 Å². The van der Waals surface area contributed by atoms with Crippen molar-refractivity contribution in [3.63, 3.8) is 0 Å². The standard InChI is InChI=1S/C12H14BrNO3/c13-10-4-2-1-3-9(10)6-17-12(5-11(15)16)7-14-8-12/h1-4,14H,5-8H2,(H,15,16). The topological polar surface area (TPSA) is 58.6 Å². The van der Waals surface area contributed by atoms with E-state index in [1.165, 1.54) is 0 Å². The summed E-state index contributed by atoms with van der Waals surface area (Å²) in [5.41, 5.74) is 0.491. The van der Waals surface area contributed by atoms with Crippen LogP contribution in [0.25, 0.3) is 0 Å². The van der Waals surface area contributed by atoms with E-state index in [-0.39, 0.29) is 6.42 Å². The SMILES string of the molecule is O=C(O)CC1(OCc2ccccc2Br)CNC1. The second-order valence-corrected chi connectivity index (χ2v) is 5.09. The van der Waals surface area contributed by atoms with Gasteiger partial charge < -0.3 is 15.2 Å². The predicted octanol–water partition coefficient (Wildman–Crippen LogP) is 1.78. The van der Waals surface area contributed by atoms with E-state index < -0.39 is 11.6 Å². The summed E-state index contributed by atoms with van der Waals surface area (Å²) in [6, 6.07) is 7.78. The molecular weight excluding hydrogens is 286 g/mol. The van der Waals surface area contributed by atoms with E-state index in [1.807, 2.05) is 24.3 Å². The first-order chi connectivity index (χ1) is 8.11. The van der Waals surface area contributed by atoms with Crippen LogP contribution in [-0.4, -0.2) is 29.8 Å². The number of aliphatic carboxylic acids is 1. The number of halogens is 1. The lowest BCUT2D eigenvalue weighted by atomic mass is 9.92. The molecule has 5 heteroatoms. The number of carboxylic acids is 1. The Balaban J connectivity index is 1.97. The Labute approximate surface area is 108 Å². The zero-order chi connectivity index (χ0) is 12.3. The summed E-state index contributed by atoms with van der Waals surface area (Å²) in [6.45, 7) is 1.63. The molecule has 4 nitrogen and oxygen atoms in total. The molecule has 0 aromatic heterocycles. The molecule has 1 fully saturated rings. The van der Waals surface area contributed by atoms with Crippen molar-refractivity contribution in [2.75, 3.05) is 13.1 Å². The zero-order valence-electron chi connectivity index (χ0n) is 9.28. The molecule has 0 radical (unpaired) electrons. The number of rotatable bonds is 5. The Morgan fingerprint density at radius 2 is 2.18 bits per heavy atom. The maximum absolute atomic E-state index is 10.8. The Morgan fingerprint density at radius 1 is 1.47 bits per heavy atom. The van der Waals surface area contributed by atoms with Gasteiger partial charge >= 0.3 is 5.97 Å². The Morgan fingerprint density at radius 3 is 2.71 bits per heavy atom. The summed E-state index contributed by atoms with van der Waals surface area (Å²) < 4.78 is 6.75. The first-order valence-electron chi connectivity index (χ1n) is 5.41. The minimum absolute atomic E-state index is 0.0461. The summed E-state index contributed by atoms with van der Waals surface area (Å²) in [6.07, 6.45) is 0.0461. The van der Waals surface area contributed by atoms with Crippen LogP contribution in [0.1, 0.15) is 12.0 Å². The van der Waals surface area contributed by atoms with Crippen molar-refractivity contribution >= 4 is 21.9 Å². The number of carbonyl (C=O) groups is 1. The van der Waals surface area contributed by atoms with Crippen molar-refractivity contribution in [2.45, 2.75) is 18.6 Å². The van der Waals surface area contributed by atoms with Gasteiger partial charge in [0.15, 0.2) is 0 Å². The fraction of sp³-hybridized carbons (Fsp3) is 0.417. The quantitative estimate of drug-likeness (QED) is 0.870. The van der Waals surface area contributed by atoms with E-state index in [2.05, 4.69) is 21.2 Å². The first kappa shape index (κ1) is 12.5. The van der Waals surface area contributed by atoms with Gasteiger partial charge in [0.05, 0.1) is 13.0 Å². The molecule has 0 amide bonds. The van der Waals surface area contributed by atoms with Crippen molar-refractivity contribution in [3.05, 3.63) is 34.3 Å². The number of nitrogens with one attached hydrogen (secondary N) is 1. The molecule has 0 aliphatic carbocycles. The monoisotopic (exact) mass is 299 g/mol. The molecule has 1 aromatic carbocycles. The molecule has 0 unspecified atom stereocenters. The van der Waals surface area contributed by atoms with Crippen LogP contribution in [0.5, 0.6) is 0 Å². The van der Waals surface area contributed by atoms with Crippen LogP contribution in [0.15, 0.2) is 28.7 Å². The normalized spacial score (nSPS) is 17.5. The number of ether oxygens (including phenoxy) is 1. The lowest BCUT2D eigenvalue weighted by molar-refractivity contribution is -0.152. The summed E-state index contributed by atoms with van der Waals surface area (Å²) in [7, 11) is 0. The Hall–Kier alpha value is -0.910. The third kappa shape index (κ3) is 3.06. The average Bonchev–Trinajstić information content (AvgIpc) is 2.23. The van der Waals surface area contributed by atoms with Gasteiger partial charge in [-0.2, -0.15) is 0 Å². The van der Waals surface area contributed by atoms with Gasteiger partial charge in [0, 0.05) is 17.6 Å². The lowest BCUT2D eigenvalue weighted by Gasteiger charge is -2.41. The Kier molecular flexibility index (Phi) is 3.81. The number of hydrogen-bond donors (Lipinski definition) is 2. The van der Waals surface area contributed by atoms with E-state index in [0.29, 0.717) is 19.7 Å². The van der Waals surface area contributed by atoms with Crippen LogP contribution in [-0.2, 0) is 16.1 Å². The van der Waals surface area contributed by atoms with Gasteiger partial charge in [-0.05, 0) is 11.6 Å². The average molecular weight is 300 g/mol. The van der Waals surface area contributed by atoms with E-state index in [1.54, 1.807) is 0 Å². The summed E-state index contributed by atoms with van der Waals surface area (Å²) in [5, 5.41) is 11.9. The van der Waals surface area contributed by atoms with Gasteiger partial charge in [0.25, 0.3) is 0 Å². The molecule has 1 aliphatic heterocycles. The van der Waals surface area contributed by atoms with Crippen LogP contribution in [0.4, 0.5) is 0 Å². The van der Waals surface area contributed by atoms with Crippen molar-refractivity contribution < 1.29 is 14.6 Å². The molecule has 17 heavy (non-hydrogen) atoms. The molecule has 2 rings (SSSR count). The minimum Gasteiger partial charge on any atom is -0.481 e. The fourth-order valence-corrected chi connectivity index (χ4v) is 2.20. The Bertz CT molecular complexity index is 418. The van der Waals surface area contributed by atoms with Crippen LogP contribution in [0.3, 0.4) is 0 Å². The molecule has 1 saturated heterocycles. The smallest absolute Gasteiger partial charge is 0.306 e. The highest BCUT2D eigenvalue weighted by atomic mass is 79.9. The summed E-state index contributed by atoms with van der Waals surface area (Å²) in [5.74, 6) is -0.821. The van der Waals surface area contributed by atoms with Crippen LogP contribution in [0, 0.1) is 0 Å². The van der Waals surface area contributed by atoms with Crippen molar-refractivity contribution in [1.29, 1.82) is 0 Å². The van der Waals surface area contributed by atoms with E-state index >= 15 is 0 Å². The first-order valence-corrected chi connectivity index (χ1v) is 6.20. The predicted molar refractivity (Wildman–Crippen MR) is 66.8 cm³/mol. The molecule has 2 N–H and O–H groups in total. The maximum Gasteiger partial charge on any atom is 0.306 e. The summed E-state index contributed by atoms with van der Waals surface area (Å²) in [4.78, 5) is 10.8. The van der Waals surface area contributed by atoms with Gasteiger partial charge in [0.2, 0.25) is 0 Å². The highest BCUT2D eigenvalue weighted by Crippen LogP contribution is 2.25. The number of hydrogen-bond acceptors (Lipinski definition) is 3. The van der Waals surface area contributed by atoms with Gasteiger partial charge in [-0.1, -0.05) is 34.1 Å². The van der Waals surface area contributed by atoms with E-state index in [9.17, 15) is 4.79 Å². The number of benzene rings is 1.